The van der Waals surface area contributed by atoms with E-state index in [1.165, 1.54) is 0 Å². The van der Waals surface area contributed by atoms with Crippen molar-refractivity contribution >= 4 is 29.4 Å². The van der Waals surface area contributed by atoms with Gasteiger partial charge in [0.15, 0.2) is 5.75 Å². The van der Waals surface area contributed by atoms with Crippen molar-refractivity contribution in [3.05, 3.63) is 27.7 Å². The third-order valence-corrected chi connectivity index (χ3v) is 3.20. The molecule has 0 fully saturated rings. The highest BCUT2D eigenvalue weighted by molar-refractivity contribution is 6.37. The Hall–Kier alpha value is -1.42. The number of rotatable bonds is 7. The number of hydrazone groups is 1. The van der Waals surface area contributed by atoms with Crippen LogP contribution in [0.3, 0.4) is 0 Å². The van der Waals surface area contributed by atoms with E-state index < -0.39 is 18.1 Å². The first kappa shape index (κ1) is 21.6. The van der Waals surface area contributed by atoms with Gasteiger partial charge in [-0.3, -0.25) is 0 Å². The fraction of sp³-hybridized carbons (Fsp3) is 0.462. The molecule has 1 rings (SSSR count). The molecule has 0 atom stereocenters. The summed E-state index contributed by atoms with van der Waals surface area (Å²) in [5.41, 5.74) is 0.461. The predicted molar refractivity (Wildman–Crippen MR) is 78.9 cm³/mol. The molecular weight excluding hydrogens is 404 g/mol. The lowest BCUT2D eigenvalue weighted by Crippen LogP contribution is -2.58. The minimum Gasteiger partial charge on any atom is -0.490 e. The van der Waals surface area contributed by atoms with Gasteiger partial charge in [0.25, 0.3) is 0 Å². The Kier molecular flexibility index (Phi) is 6.80. The van der Waals surface area contributed by atoms with Crippen LogP contribution in [0.2, 0.25) is 10.0 Å². The van der Waals surface area contributed by atoms with Gasteiger partial charge in [0.1, 0.15) is 0 Å². The van der Waals surface area contributed by atoms with E-state index >= 15 is 0 Å². The first-order chi connectivity index (χ1) is 11.3. The van der Waals surface area contributed by atoms with Gasteiger partial charge in [-0.25, -0.2) is 5.43 Å². The fourth-order valence-corrected chi connectivity index (χ4v) is 2.05. The lowest BCUT2D eigenvalue weighted by molar-refractivity contribution is -0.361. The Balaban J connectivity index is 2.93. The summed E-state index contributed by atoms with van der Waals surface area (Å²) in [6.07, 6.45) is -5.24. The highest BCUT2D eigenvalue weighted by Crippen LogP contribution is 2.45. The molecule has 0 amide bonds. The van der Waals surface area contributed by atoms with Crippen molar-refractivity contribution in [3.63, 3.8) is 0 Å². The summed E-state index contributed by atoms with van der Waals surface area (Å²) in [6, 6.07) is -3.34. The second-order valence-electron chi connectivity index (χ2n) is 4.68. The number of nitrogens with one attached hydrogen (secondary N) is 1. The van der Waals surface area contributed by atoms with E-state index in [0.29, 0.717) is 24.7 Å². The van der Waals surface area contributed by atoms with Gasteiger partial charge in [0, 0.05) is 0 Å². The van der Waals surface area contributed by atoms with Crippen molar-refractivity contribution < 1.29 is 35.5 Å². The van der Waals surface area contributed by atoms with Crippen LogP contribution in [0.25, 0.3) is 0 Å². The Bertz CT molecular complexity index is 612. The van der Waals surface area contributed by atoms with Crippen LogP contribution in [0.5, 0.6) is 5.75 Å². The van der Waals surface area contributed by atoms with Crippen molar-refractivity contribution in [1.82, 2.24) is 5.43 Å². The van der Waals surface area contributed by atoms with E-state index in [1.54, 1.807) is 0 Å². The van der Waals surface area contributed by atoms with Gasteiger partial charge in [0.05, 0.1) is 22.9 Å². The van der Waals surface area contributed by atoms with Crippen molar-refractivity contribution in [2.45, 2.75) is 31.5 Å². The molecule has 0 radical (unpaired) electrons. The van der Waals surface area contributed by atoms with Gasteiger partial charge in [-0.2, -0.15) is 35.8 Å². The normalized spacial score (nSPS) is 13.4. The van der Waals surface area contributed by atoms with Crippen LogP contribution in [0.4, 0.5) is 30.7 Å². The van der Waals surface area contributed by atoms with Crippen LogP contribution in [-0.2, 0) is 0 Å². The van der Waals surface area contributed by atoms with Gasteiger partial charge in [-0.15, -0.1) is 0 Å². The number of alkyl halides is 7. The SMILES string of the molecule is CCCOc1c(Cl)cc(/C=N/NC(F)(F)C(F)(F)C(F)(F)F)cc1Cl. The van der Waals surface area contributed by atoms with Gasteiger partial charge in [0.2, 0.25) is 0 Å². The summed E-state index contributed by atoms with van der Waals surface area (Å²) in [6.45, 7) is 2.12. The Morgan fingerprint density at radius 2 is 1.60 bits per heavy atom. The highest BCUT2D eigenvalue weighted by Gasteiger charge is 2.73. The molecule has 0 spiro atoms. The second-order valence-corrected chi connectivity index (χ2v) is 5.49. The predicted octanol–water partition coefficient (Wildman–Crippen LogP) is 5.50. The van der Waals surface area contributed by atoms with Crippen LogP contribution < -0.4 is 10.2 Å². The van der Waals surface area contributed by atoms with Crippen molar-refractivity contribution in [2.75, 3.05) is 6.61 Å². The maximum Gasteiger partial charge on any atom is 0.462 e. The third-order valence-electron chi connectivity index (χ3n) is 2.64. The average Bonchev–Trinajstić information content (AvgIpc) is 2.45. The molecule has 0 heterocycles. The van der Waals surface area contributed by atoms with Crippen LogP contribution in [0.15, 0.2) is 17.2 Å². The van der Waals surface area contributed by atoms with E-state index in [0.717, 1.165) is 12.1 Å². The molecule has 25 heavy (non-hydrogen) atoms. The number of nitrogens with zero attached hydrogens (tertiary/aromatic N) is 1. The zero-order valence-corrected chi connectivity index (χ0v) is 13.9. The standard InChI is InChI=1S/C13H11Cl2F7N2O/c1-2-3-25-10-8(14)4-7(5-9(10)15)6-23-24-13(21,22)11(16,17)12(18,19)20/h4-6,24H,2-3H2,1H3/b23-6+. The number of benzene rings is 1. The monoisotopic (exact) mass is 414 g/mol. The number of halogens is 9. The summed E-state index contributed by atoms with van der Waals surface area (Å²) in [5, 5.41) is 2.67. The smallest absolute Gasteiger partial charge is 0.462 e. The maximum atomic E-state index is 13.0. The van der Waals surface area contributed by atoms with Crippen molar-refractivity contribution in [3.8, 4) is 5.75 Å². The molecule has 0 aliphatic rings. The molecule has 0 aliphatic carbocycles. The number of ether oxygens (including phenoxy) is 1. The molecule has 0 aromatic heterocycles. The van der Waals surface area contributed by atoms with E-state index in [1.807, 2.05) is 6.92 Å². The Morgan fingerprint density at radius 3 is 2.04 bits per heavy atom. The molecule has 142 valence electrons. The van der Waals surface area contributed by atoms with Gasteiger partial charge >= 0.3 is 18.1 Å². The quantitative estimate of drug-likeness (QED) is 0.276. The summed E-state index contributed by atoms with van der Waals surface area (Å²) >= 11 is 11.7. The van der Waals surface area contributed by atoms with E-state index in [-0.39, 0.29) is 21.4 Å². The first-order valence-corrected chi connectivity index (χ1v) is 7.33. The zero-order valence-electron chi connectivity index (χ0n) is 12.4. The minimum absolute atomic E-state index is 0.0187. The molecule has 0 saturated carbocycles. The van der Waals surface area contributed by atoms with E-state index in [2.05, 4.69) is 5.10 Å². The van der Waals surface area contributed by atoms with Gasteiger partial charge in [-0.1, -0.05) is 30.1 Å². The molecule has 0 bridgehead atoms. The molecule has 12 heteroatoms. The topological polar surface area (TPSA) is 33.6 Å². The number of hydrogen-bond acceptors (Lipinski definition) is 3. The van der Waals surface area contributed by atoms with Crippen molar-refractivity contribution in [1.29, 1.82) is 0 Å². The highest BCUT2D eigenvalue weighted by atomic mass is 35.5. The lowest BCUT2D eigenvalue weighted by Gasteiger charge is -2.27. The van der Waals surface area contributed by atoms with Gasteiger partial charge < -0.3 is 4.74 Å². The molecule has 1 aromatic carbocycles. The summed E-state index contributed by atoms with van der Waals surface area (Å²) in [7, 11) is 0. The minimum atomic E-state index is -6.45. The van der Waals surface area contributed by atoms with Gasteiger partial charge in [-0.05, 0) is 24.1 Å². The lowest BCUT2D eigenvalue weighted by atomic mass is 10.2. The van der Waals surface area contributed by atoms with E-state index in [9.17, 15) is 30.7 Å². The van der Waals surface area contributed by atoms with Crippen LogP contribution in [0, 0.1) is 0 Å². The zero-order chi connectivity index (χ0) is 19.5. The fourth-order valence-electron chi connectivity index (χ4n) is 1.43. The van der Waals surface area contributed by atoms with E-state index in [4.69, 9.17) is 27.9 Å². The first-order valence-electron chi connectivity index (χ1n) is 6.58. The number of hydrogen-bond donors (Lipinski definition) is 1. The molecule has 3 nitrogen and oxygen atoms in total. The Labute approximate surface area is 147 Å². The molecule has 0 aliphatic heterocycles. The maximum absolute atomic E-state index is 13.0. The Morgan fingerprint density at radius 1 is 1.08 bits per heavy atom. The largest absolute Gasteiger partial charge is 0.490 e. The molecule has 0 unspecified atom stereocenters. The summed E-state index contributed by atoms with van der Waals surface area (Å²) < 4.78 is 92.4. The second kappa shape index (κ2) is 7.86. The average molecular weight is 415 g/mol. The third kappa shape index (κ3) is 5.04. The molecule has 0 saturated heterocycles. The van der Waals surface area contributed by atoms with Crippen molar-refractivity contribution in [2.24, 2.45) is 5.10 Å². The van der Waals surface area contributed by atoms with Crippen LogP contribution in [0.1, 0.15) is 18.9 Å². The molecule has 1 N–H and O–H groups in total. The summed E-state index contributed by atoms with van der Waals surface area (Å²) in [4.78, 5) is 0. The molecular formula is C13H11Cl2F7N2O. The van der Waals surface area contributed by atoms with Crippen LogP contribution in [-0.4, -0.2) is 31.0 Å². The van der Waals surface area contributed by atoms with Crippen LogP contribution >= 0.6 is 23.2 Å². The molecule has 1 aromatic rings. The summed E-state index contributed by atoms with van der Waals surface area (Å²) in [5.74, 6) is -6.20.